The Labute approximate surface area is 222 Å². The highest BCUT2D eigenvalue weighted by atomic mass is 32.2. The lowest BCUT2D eigenvalue weighted by Gasteiger charge is -2.32. The molecular formula is C28H41N3O5S. The van der Waals surface area contributed by atoms with Crippen LogP contribution < -0.4 is 14.4 Å². The number of nitrogens with one attached hydrogen (secondary N) is 1. The van der Waals surface area contributed by atoms with Crippen molar-refractivity contribution in [2.75, 3.05) is 23.7 Å². The Hall–Kier alpha value is -3.07. The van der Waals surface area contributed by atoms with Crippen LogP contribution in [0.15, 0.2) is 48.5 Å². The van der Waals surface area contributed by atoms with E-state index in [4.69, 9.17) is 4.74 Å². The second-order valence-corrected chi connectivity index (χ2v) is 11.3. The van der Waals surface area contributed by atoms with Gasteiger partial charge in [-0.3, -0.25) is 13.9 Å². The molecule has 2 aromatic carbocycles. The quantitative estimate of drug-likeness (QED) is 0.393. The van der Waals surface area contributed by atoms with Crippen molar-refractivity contribution in [3.05, 3.63) is 59.7 Å². The molecule has 0 aliphatic heterocycles. The first-order valence-electron chi connectivity index (χ1n) is 12.8. The van der Waals surface area contributed by atoms with Gasteiger partial charge in [0.25, 0.3) is 0 Å². The van der Waals surface area contributed by atoms with Crippen molar-refractivity contribution in [3.63, 3.8) is 0 Å². The van der Waals surface area contributed by atoms with Gasteiger partial charge in [0.2, 0.25) is 21.8 Å². The van der Waals surface area contributed by atoms with Gasteiger partial charge in [0.15, 0.2) is 0 Å². The van der Waals surface area contributed by atoms with Crippen molar-refractivity contribution in [3.8, 4) is 5.75 Å². The number of ether oxygens (including phenoxy) is 1. The summed E-state index contributed by atoms with van der Waals surface area (Å²) in [5.41, 5.74) is 2.52. The predicted octanol–water partition coefficient (Wildman–Crippen LogP) is 4.27. The summed E-state index contributed by atoms with van der Waals surface area (Å²) in [5, 5.41) is 2.93. The molecule has 0 saturated heterocycles. The molecular weight excluding hydrogens is 490 g/mol. The van der Waals surface area contributed by atoms with Gasteiger partial charge < -0.3 is 15.0 Å². The number of amides is 2. The molecule has 0 fully saturated rings. The second-order valence-electron chi connectivity index (χ2n) is 9.40. The summed E-state index contributed by atoms with van der Waals surface area (Å²) in [4.78, 5) is 28.1. The first-order valence-corrected chi connectivity index (χ1v) is 14.7. The lowest BCUT2D eigenvalue weighted by Crippen LogP contribution is -2.50. The zero-order valence-corrected chi connectivity index (χ0v) is 23.7. The van der Waals surface area contributed by atoms with Crippen molar-refractivity contribution in [1.29, 1.82) is 0 Å². The second kappa shape index (κ2) is 14.0. The Morgan fingerprint density at radius 1 is 1.03 bits per heavy atom. The zero-order valence-electron chi connectivity index (χ0n) is 22.9. The van der Waals surface area contributed by atoms with Crippen molar-refractivity contribution in [1.82, 2.24) is 10.2 Å². The molecule has 2 rings (SSSR count). The molecule has 1 atom stereocenters. The molecule has 0 heterocycles. The number of hydrogen-bond donors (Lipinski definition) is 1. The van der Waals surface area contributed by atoms with Crippen LogP contribution in [0.3, 0.4) is 0 Å². The van der Waals surface area contributed by atoms with E-state index in [2.05, 4.69) is 5.32 Å². The number of benzene rings is 2. The molecule has 0 spiro atoms. The molecule has 204 valence electrons. The maximum atomic E-state index is 13.5. The highest BCUT2D eigenvalue weighted by Crippen LogP contribution is 2.23. The summed E-state index contributed by atoms with van der Waals surface area (Å²) in [6, 6.07) is 14.0. The molecule has 9 heteroatoms. The summed E-state index contributed by atoms with van der Waals surface area (Å²) >= 11 is 0. The van der Waals surface area contributed by atoms with Gasteiger partial charge in [-0.1, -0.05) is 31.2 Å². The molecule has 37 heavy (non-hydrogen) atoms. The van der Waals surface area contributed by atoms with Gasteiger partial charge >= 0.3 is 0 Å². The number of rotatable bonds is 14. The third-order valence-corrected chi connectivity index (χ3v) is 7.20. The van der Waals surface area contributed by atoms with E-state index in [1.54, 1.807) is 29.2 Å². The van der Waals surface area contributed by atoms with E-state index in [0.29, 0.717) is 37.4 Å². The third-order valence-electron chi connectivity index (χ3n) is 6.01. The van der Waals surface area contributed by atoms with Crippen molar-refractivity contribution < 1.29 is 22.7 Å². The first kappa shape index (κ1) is 30.2. The summed E-state index contributed by atoms with van der Waals surface area (Å²) < 4.78 is 31.8. The fourth-order valence-electron chi connectivity index (χ4n) is 4.15. The number of nitrogens with zero attached hydrogens (tertiary/aromatic N) is 2. The monoisotopic (exact) mass is 531 g/mol. The molecule has 1 N–H and O–H groups in total. The lowest BCUT2D eigenvalue weighted by atomic mass is 10.0. The van der Waals surface area contributed by atoms with Gasteiger partial charge in [-0.25, -0.2) is 8.42 Å². The van der Waals surface area contributed by atoms with Crippen molar-refractivity contribution in [2.45, 2.75) is 72.5 Å². The minimum absolute atomic E-state index is 0.0469. The zero-order chi connectivity index (χ0) is 27.6. The fraction of sp³-hybridized carbons (Fsp3) is 0.500. The highest BCUT2D eigenvalue weighted by Gasteiger charge is 2.29. The van der Waals surface area contributed by atoms with E-state index in [1.807, 2.05) is 58.9 Å². The smallest absolute Gasteiger partial charge is 0.243 e. The van der Waals surface area contributed by atoms with Crippen LogP contribution in [-0.4, -0.2) is 56.6 Å². The van der Waals surface area contributed by atoms with E-state index in [9.17, 15) is 18.0 Å². The Kier molecular flexibility index (Phi) is 11.4. The van der Waals surface area contributed by atoms with Gasteiger partial charge in [-0.2, -0.15) is 0 Å². The SMILES string of the molecule is CCOc1ccc(N(CCCC(=O)N(Cc2ccccc2C)[C@H](CC)C(=O)NC(C)C)S(C)(=O)=O)cc1. The summed E-state index contributed by atoms with van der Waals surface area (Å²) in [6.07, 6.45) is 2.04. The van der Waals surface area contributed by atoms with Crippen LogP contribution in [0.1, 0.15) is 58.1 Å². The average Bonchev–Trinajstić information content (AvgIpc) is 2.82. The molecule has 2 amide bonds. The standard InChI is InChI=1S/C28H41N3O5S/c1-7-26(28(33)29-21(3)4)30(20-23-13-10-9-12-22(23)5)27(32)14-11-19-31(37(6,34)35)24-15-17-25(18-16-24)36-8-2/h9-10,12-13,15-18,21,26H,7-8,11,14,19-20H2,1-6H3,(H,29,33)/t26-/m1/s1. The molecule has 8 nitrogen and oxygen atoms in total. The van der Waals surface area contributed by atoms with E-state index >= 15 is 0 Å². The number of aryl methyl sites for hydroxylation is 1. The number of carbonyl (C=O) groups excluding carboxylic acids is 2. The van der Waals surface area contributed by atoms with Crippen molar-refractivity contribution in [2.24, 2.45) is 0 Å². The largest absolute Gasteiger partial charge is 0.494 e. The van der Waals surface area contributed by atoms with E-state index in [-0.39, 0.29) is 30.8 Å². The molecule has 0 bridgehead atoms. The van der Waals surface area contributed by atoms with Crippen LogP contribution in [0.2, 0.25) is 0 Å². The summed E-state index contributed by atoms with van der Waals surface area (Å²) in [7, 11) is -3.56. The number of sulfonamides is 1. The summed E-state index contributed by atoms with van der Waals surface area (Å²) in [6.45, 7) is 10.5. The van der Waals surface area contributed by atoms with Crippen LogP contribution in [-0.2, 0) is 26.2 Å². The highest BCUT2D eigenvalue weighted by molar-refractivity contribution is 7.92. The van der Waals surface area contributed by atoms with Gasteiger partial charge in [0.1, 0.15) is 11.8 Å². The minimum atomic E-state index is -3.56. The molecule has 0 unspecified atom stereocenters. The van der Waals surface area contributed by atoms with E-state index in [0.717, 1.165) is 17.4 Å². The van der Waals surface area contributed by atoms with Gasteiger partial charge in [0, 0.05) is 25.6 Å². The maximum Gasteiger partial charge on any atom is 0.243 e. The number of hydrogen-bond acceptors (Lipinski definition) is 5. The van der Waals surface area contributed by atoms with Gasteiger partial charge in [-0.05, 0) is 75.9 Å². The Morgan fingerprint density at radius 3 is 2.22 bits per heavy atom. The normalized spacial score (nSPS) is 12.2. The number of carbonyl (C=O) groups is 2. The van der Waals surface area contributed by atoms with Gasteiger partial charge in [0.05, 0.1) is 18.6 Å². The Morgan fingerprint density at radius 2 is 1.68 bits per heavy atom. The molecule has 0 saturated carbocycles. The Bertz CT molecular complexity index is 1130. The average molecular weight is 532 g/mol. The minimum Gasteiger partial charge on any atom is -0.494 e. The van der Waals surface area contributed by atoms with Crippen LogP contribution in [0, 0.1) is 6.92 Å². The first-order chi connectivity index (χ1) is 17.5. The van der Waals surface area contributed by atoms with Crippen LogP contribution in [0.4, 0.5) is 5.69 Å². The van der Waals surface area contributed by atoms with E-state index < -0.39 is 16.1 Å². The fourth-order valence-corrected chi connectivity index (χ4v) is 5.12. The Balaban J connectivity index is 2.21. The summed E-state index contributed by atoms with van der Waals surface area (Å²) in [5.74, 6) is 0.285. The maximum absolute atomic E-state index is 13.5. The molecule has 0 radical (unpaired) electrons. The topological polar surface area (TPSA) is 96.0 Å². The molecule has 0 aliphatic carbocycles. The van der Waals surface area contributed by atoms with Crippen LogP contribution >= 0.6 is 0 Å². The van der Waals surface area contributed by atoms with Gasteiger partial charge in [-0.15, -0.1) is 0 Å². The molecule has 0 aliphatic rings. The van der Waals surface area contributed by atoms with Crippen LogP contribution in [0.25, 0.3) is 0 Å². The lowest BCUT2D eigenvalue weighted by molar-refractivity contribution is -0.141. The van der Waals surface area contributed by atoms with E-state index in [1.165, 1.54) is 4.31 Å². The predicted molar refractivity (Wildman–Crippen MR) is 148 cm³/mol. The van der Waals surface area contributed by atoms with Crippen LogP contribution in [0.5, 0.6) is 5.75 Å². The van der Waals surface area contributed by atoms with Crippen molar-refractivity contribution >= 4 is 27.5 Å². The molecule has 2 aromatic rings. The molecule has 0 aromatic heterocycles. The number of anilines is 1. The third kappa shape index (κ3) is 9.07.